The quantitative estimate of drug-likeness (QED) is 0.210. The first kappa shape index (κ1) is 23.8. The number of hydrogen-bond acceptors (Lipinski definition) is 6. The summed E-state index contributed by atoms with van der Waals surface area (Å²) in [6, 6.07) is 11.6. The summed E-state index contributed by atoms with van der Waals surface area (Å²) in [7, 11) is -3.76. The topological polar surface area (TPSA) is 127 Å². The van der Waals surface area contributed by atoms with Gasteiger partial charge in [-0.2, -0.15) is 0 Å². The summed E-state index contributed by atoms with van der Waals surface area (Å²) in [5.41, 5.74) is 2.26. The summed E-state index contributed by atoms with van der Waals surface area (Å²) >= 11 is 0. The third kappa shape index (κ3) is 6.81. The maximum absolute atomic E-state index is 12.3. The van der Waals surface area contributed by atoms with Crippen LogP contribution in [-0.2, 0) is 22.9 Å². The number of aromatic hydroxyl groups is 2. The first-order chi connectivity index (χ1) is 15.3. The maximum Gasteiger partial charge on any atom is 0.240 e. The lowest BCUT2D eigenvalue weighted by atomic mass is 9.99. The van der Waals surface area contributed by atoms with Gasteiger partial charge in [0.2, 0.25) is 10.0 Å². The van der Waals surface area contributed by atoms with E-state index < -0.39 is 15.8 Å². The Hall–Kier alpha value is -2.88. The normalized spacial score (nSPS) is 12.7. The molecule has 3 aromatic rings. The van der Waals surface area contributed by atoms with E-state index in [-0.39, 0.29) is 17.2 Å². The van der Waals surface area contributed by atoms with Crippen molar-refractivity contribution in [1.29, 1.82) is 0 Å². The third-order valence-electron chi connectivity index (χ3n) is 5.28. The second-order valence-corrected chi connectivity index (χ2v) is 9.55. The van der Waals surface area contributed by atoms with Gasteiger partial charge in [0.05, 0.1) is 4.90 Å². The fourth-order valence-corrected chi connectivity index (χ4v) is 4.40. The number of rotatable bonds is 12. The predicted molar refractivity (Wildman–Crippen MR) is 123 cm³/mol. The number of aromatic nitrogens is 2. The van der Waals surface area contributed by atoms with Crippen molar-refractivity contribution in [1.82, 2.24) is 20.0 Å². The van der Waals surface area contributed by atoms with Crippen LogP contribution in [0, 0.1) is 0 Å². The largest absolute Gasteiger partial charge is 0.504 e. The van der Waals surface area contributed by atoms with Crippen LogP contribution < -0.4 is 10.0 Å². The molecule has 3 rings (SSSR count). The number of imidazole rings is 1. The molecule has 32 heavy (non-hydrogen) atoms. The predicted octanol–water partition coefficient (Wildman–Crippen LogP) is 2.67. The molecule has 0 bridgehead atoms. The lowest BCUT2D eigenvalue weighted by Gasteiger charge is -2.14. The van der Waals surface area contributed by atoms with E-state index in [4.69, 9.17) is 0 Å². The van der Waals surface area contributed by atoms with Gasteiger partial charge in [-0.25, -0.2) is 18.1 Å². The molecule has 0 aliphatic heterocycles. The molecule has 0 fully saturated rings. The fraction of sp³-hybridized carbons (Fsp3) is 0.348. The van der Waals surface area contributed by atoms with Gasteiger partial charge in [-0.15, -0.1) is 0 Å². The highest BCUT2D eigenvalue weighted by atomic mass is 32.2. The summed E-state index contributed by atoms with van der Waals surface area (Å²) in [6.07, 6.45) is 6.11. The second kappa shape index (κ2) is 11.1. The SMILES string of the molecule is CC(CNCCCc1ncc[nH]1)c1ccc(CCNS(=O)(=O)c2ccc(O)c(O)c2)cc1. The van der Waals surface area contributed by atoms with Gasteiger partial charge >= 0.3 is 0 Å². The molecule has 0 aliphatic rings. The number of nitrogens with zero attached hydrogens (tertiary/aromatic N) is 1. The van der Waals surface area contributed by atoms with Crippen LogP contribution in [-0.4, -0.2) is 48.2 Å². The van der Waals surface area contributed by atoms with Gasteiger partial charge < -0.3 is 20.5 Å². The summed E-state index contributed by atoms with van der Waals surface area (Å²) in [5, 5.41) is 22.3. The summed E-state index contributed by atoms with van der Waals surface area (Å²) in [6.45, 7) is 4.23. The van der Waals surface area contributed by atoms with Crippen LogP contribution >= 0.6 is 0 Å². The number of aryl methyl sites for hydroxylation is 1. The lowest BCUT2D eigenvalue weighted by Crippen LogP contribution is -2.26. The summed E-state index contributed by atoms with van der Waals surface area (Å²) in [5.74, 6) is 0.555. The van der Waals surface area contributed by atoms with E-state index in [9.17, 15) is 18.6 Å². The van der Waals surface area contributed by atoms with Gasteiger partial charge in [0.25, 0.3) is 0 Å². The number of aromatic amines is 1. The number of H-pyrrole nitrogens is 1. The molecule has 0 saturated heterocycles. The zero-order valence-electron chi connectivity index (χ0n) is 18.1. The molecule has 0 amide bonds. The molecule has 0 spiro atoms. The first-order valence-corrected chi connectivity index (χ1v) is 12.1. The summed E-state index contributed by atoms with van der Waals surface area (Å²) in [4.78, 5) is 7.24. The number of hydrogen-bond donors (Lipinski definition) is 5. The fourth-order valence-electron chi connectivity index (χ4n) is 3.35. The van der Waals surface area contributed by atoms with Crippen LogP contribution in [0.3, 0.4) is 0 Å². The van der Waals surface area contributed by atoms with Crippen molar-refractivity contribution in [2.24, 2.45) is 0 Å². The number of phenolic OH excluding ortho intramolecular Hbond substituents is 2. The summed E-state index contributed by atoms with van der Waals surface area (Å²) < 4.78 is 27.2. The van der Waals surface area contributed by atoms with Crippen molar-refractivity contribution in [3.05, 3.63) is 71.8 Å². The minimum Gasteiger partial charge on any atom is -0.504 e. The standard InChI is InChI=1S/C23H30N4O4S/c1-17(16-24-11-2-3-23-25-13-14-26-23)19-6-4-18(5-7-19)10-12-27-32(30,31)20-8-9-21(28)22(29)15-20/h4-9,13-15,17,24,27-29H,2-3,10-12,16H2,1H3,(H,25,26). The second-order valence-electron chi connectivity index (χ2n) is 7.78. The van der Waals surface area contributed by atoms with Gasteiger partial charge in [-0.1, -0.05) is 31.2 Å². The van der Waals surface area contributed by atoms with Crippen LogP contribution in [0.4, 0.5) is 0 Å². The minimum atomic E-state index is -3.76. The van der Waals surface area contributed by atoms with Crippen molar-refractivity contribution in [3.8, 4) is 11.5 Å². The average Bonchev–Trinajstić information content (AvgIpc) is 3.29. The Labute approximate surface area is 188 Å². The van der Waals surface area contributed by atoms with E-state index >= 15 is 0 Å². The van der Waals surface area contributed by atoms with Crippen LogP contribution in [0.25, 0.3) is 0 Å². The minimum absolute atomic E-state index is 0.0892. The number of phenols is 2. The van der Waals surface area contributed by atoms with E-state index in [0.717, 1.165) is 49.5 Å². The van der Waals surface area contributed by atoms with Crippen molar-refractivity contribution >= 4 is 10.0 Å². The molecule has 1 heterocycles. The van der Waals surface area contributed by atoms with Crippen molar-refractivity contribution in [3.63, 3.8) is 0 Å². The van der Waals surface area contributed by atoms with Gasteiger partial charge in [0.15, 0.2) is 11.5 Å². The molecule has 1 atom stereocenters. The molecule has 0 saturated carbocycles. The Bertz CT molecular complexity index is 1080. The molecule has 0 aliphatic carbocycles. The van der Waals surface area contributed by atoms with E-state index in [1.54, 1.807) is 6.20 Å². The van der Waals surface area contributed by atoms with Gasteiger partial charge in [0, 0.05) is 38.0 Å². The highest BCUT2D eigenvalue weighted by Crippen LogP contribution is 2.26. The highest BCUT2D eigenvalue weighted by Gasteiger charge is 2.15. The van der Waals surface area contributed by atoms with Gasteiger partial charge in [-0.05, 0) is 48.6 Å². The molecule has 172 valence electrons. The van der Waals surface area contributed by atoms with E-state index in [0.29, 0.717) is 12.3 Å². The van der Waals surface area contributed by atoms with Gasteiger partial charge in [-0.3, -0.25) is 0 Å². The highest BCUT2D eigenvalue weighted by molar-refractivity contribution is 7.89. The average molecular weight is 459 g/mol. The number of benzene rings is 2. The molecule has 5 N–H and O–H groups in total. The maximum atomic E-state index is 12.3. The van der Waals surface area contributed by atoms with E-state index in [2.05, 4.69) is 39.1 Å². The zero-order chi connectivity index (χ0) is 23.0. The molecule has 8 nitrogen and oxygen atoms in total. The van der Waals surface area contributed by atoms with Crippen LogP contribution in [0.1, 0.15) is 36.2 Å². The van der Waals surface area contributed by atoms with Crippen LogP contribution in [0.2, 0.25) is 0 Å². The zero-order valence-corrected chi connectivity index (χ0v) is 18.9. The molecule has 0 radical (unpaired) electrons. The molecule has 2 aromatic carbocycles. The van der Waals surface area contributed by atoms with Crippen molar-refractivity contribution in [2.45, 2.75) is 37.0 Å². The van der Waals surface area contributed by atoms with Gasteiger partial charge in [0.1, 0.15) is 5.82 Å². The monoisotopic (exact) mass is 458 g/mol. The molecule has 1 unspecified atom stereocenters. The Morgan fingerprint density at radius 1 is 1.03 bits per heavy atom. The Balaban J connectivity index is 1.40. The lowest BCUT2D eigenvalue weighted by molar-refractivity contribution is 0.402. The number of nitrogens with one attached hydrogen (secondary N) is 3. The molecular formula is C23H30N4O4S. The molecule has 9 heteroatoms. The van der Waals surface area contributed by atoms with Crippen LogP contribution in [0.15, 0.2) is 59.8 Å². The third-order valence-corrected chi connectivity index (χ3v) is 6.74. The van der Waals surface area contributed by atoms with Crippen molar-refractivity contribution < 1.29 is 18.6 Å². The molecule has 1 aromatic heterocycles. The Morgan fingerprint density at radius 2 is 1.81 bits per heavy atom. The number of sulfonamides is 1. The van der Waals surface area contributed by atoms with E-state index in [1.807, 2.05) is 18.3 Å². The smallest absolute Gasteiger partial charge is 0.240 e. The first-order valence-electron chi connectivity index (χ1n) is 10.6. The van der Waals surface area contributed by atoms with Crippen molar-refractivity contribution in [2.75, 3.05) is 19.6 Å². The Morgan fingerprint density at radius 3 is 2.50 bits per heavy atom. The van der Waals surface area contributed by atoms with E-state index in [1.165, 1.54) is 11.6 Å². The molecular weight excluding hydrogens is 428 g/mol. The van der Waals surface area contributed by atoms with Crippen LogP contribution in [0.5, 0.6) is 11.5 Å². The Kier molecular flexibility index (Phi) is 8.26.